The Morgan fingerprint density at radius 2 is 1.84 bits per heavy atom. The van der Waals surface area contributed by atoms with Crippen LogP contribution in [0.5, 0.6) is 5.75 Å². The van der Waals surface area contributed by atoms with Gasteiger partial charge in [0.05, 0.1) is 14.2 Å². The fraction of sp³-hybridized carbons (Fsp3) is 0.263. The third kappa shape index (κ3) is 5.06. The molecule has 132 valence electrons. The zero-order valence-corrected chi connectivity index (χ0v) is 14.7. The van der Waals surface area contributed by atoms with Gasteiger partial charge in [0.2, 0.25) is 0 Å². The van der Waals surface area contributed by atoms with Crippen molar-refractivity contribution >= 4 is 11.9 Å². The Bertz CT molecular complexity index is 719. The van der Waals surface area contributed by atoms with E-state index in [0.29, 0.717) is 6.54 Å². The van der Waals surface area contributed by atoms with E-state index >= 15 is 0 Å². The molecular weight excluding hydrogens is 318 g/mol. The Morgan fingerprint density at radius 1 is 1.12 bits per heavy atom. The minimum Gasteiger partial charge on any atom is -0.497 e. The monoisotopic (exact) mass is 342 g/mol. The van der Waals surface area contributed by atoms with Crippen LogP contribution in [0.4, 0.5) is 4.79 Å². The first kappa shape index (κ1) is 18.5. The Morgan fingerprint density at radius 3 is 2.48 bits per heavy atom. The van der Waals surface area contributed by atoms with Crippen LogP contribution in [0.1, 0.15) is 17.2 Å². The molecule has 2 atom stereocenters. The van der Waals surface area contributed by atoms with E-state index in [-0.39, 0.29) is 5.91 Å². The van der Waals surface area contributed by atoms with Crippen LogP contribution in [-0.4, -0.2) is 33.1 Å². The van der Waals surface area contributed by atoms with Crippen LogP contribution in [0.3, 0.4) is 0 Å². The van der Waals surface area contributed by atoms with Crippen molar-refractivity contribution in [2.45, 2.75) is 12.6 Å². The van der Waals surface area contributed by atoms with Gasteiger partial charge in [-0.1, -0.05) is 42.5 Å². The standard InChI is InChI=1S/C19H23N3O3/c1-20-19(24)21-18(23)17(15-9-5-4-6-10-15)22(2)13-14-8-7-11-16(12-14)25-3/h4-12,17H,13H2,1-3H3,(H2,20,21,23,24)/p+1/t17-/m0/s1. The van der Waals surface area contributed by atoms with E-state index in [4.69, 9.17) is 4.74 Å². The molecule has 0 saturated heterocycles. The van der Waals surface area contributed by atoms with Crippen LogP contribution < -0.4 is 20.3 Å². The molecule has 25 heavy (non-hydrogen) atoms. The average Bonchev–Trinajstić information content (AvgIpc) is 2.62. The second-order valence-electron chi connectivity index (χ2n) is 5.79. The number of nitrogens with one attached hydrogen (secondary N) is 3. The summed E-state index contributed by atoms with van der Waals surface area (Å²) in [6.45, 7) is 0.609. The number of carbonyl (C=O) groups is 2. The lowest BCUT2D eigenvalue weighted by atomic mass is 10.0. The van der Waals surface area contributed by atoms with E-state index in [1.54, 1.807) is 7.11 Å². The zero-order valence-electron chi connectivity index (χ0n) is 14.7. The molecule has 0 saturated carbocycles. The number of hydrogen-bond donors (Lipinski definition) is 3. The van der Waals surface area contributed by atoms with Crippen LogP contribution >= 0.6 is 0 Å². The van der Waals surface area contributed by atoms with Crippen molar-refractivity contribution in [2.75, 3.05) is 21.2 Å². The van der Waals surface area contributed by atoms with Crippen LogP contribution in [-0.2, 0) is 11.3 Å². The molecule has 0 heterocycles. The Hall–Kier alpha value is -2.86. The Balaban J connectivity index is 2.24. The van der Waals surface area contributed by atoms with Gasteiger partial charge in [0.25, 0.3) is 5.91 Å². The summed E-state index contributed by atoms with van der Waals surface area (Å²) < 4.78 is 5.25. The predicted molar refractivity (Wildman–Crippen MR) is 95.4 cm³/mol. The normalized spacial score (nSPS) is 12.8. The van der Waals surface area contributed by atoms with E-state index in [1.807, 2.05) is 61.6 Å². The summed E-state index contributed by atoms with van der Waals surface area (Å²) >= 11 is 0. The molecule has 0 aliphatic heterocycles. The number of rotatable bonds is 6. The SMILES string of the molecule is CNC(=O)NC(=O)[C@H](c1ccccc1)[NH+](C)Cc1cccc(OC)c1. The highest BCUT2D eigenvalue weighted by atomic mass is 16.5. The molecule has 0 aromatic heterocycles. The molecule has 1 unspecified atom stereocenters. The van der Waals surface area contributed by atoms with E-state index < -0.39 is 12.1 Å². The van der Waals surface area contributed by atoms with Gasteiger partial charge in [-0.3, -0.25) is 10.1 Å². The highest BCUT2D eigenvalue weighted by Gasteiger charge is 2.30. The minimum absolute atomic E-state index is 0.342. The number of benzene rings is 2. The summed E-state index contributed by atoms with van der Waals surface area (Å²) in [7, 11) is 5.03. The van der Waals surface area contributed by atoms with Gasteiger partial charge in [-0.05, 0) is 12.1 Å². The largest absolute Gasteiger partial charge is 0.497 e. The molecule has 0 fully saturated rings. The maximum atomic E-state index is 12.7. The van der Waals surface area contributed by atoms with Gasteiger partial charge in [-0.2, -0.15) is 0 Å². The lowest BCUT2D eigenvalue weighted by Gasteiger charge is -2.24. The van der Waals surface area contributed by atoms with Crippen LogP contribution in [0.15, 0.2) is 54.6 Å². The lowest BCUT2D eigenvalue weighted by molar-refractivity contribution is -0.916. The van der Waals surface area contributed by atoms with Gasteiger partial charge < -0.3 is 15.0 Å². The van der Waals surface area contributed by atoms with Gasteiger partial charge in [0, 0.05) is 18.2 Å². The van der Waals surface area contributed by atoms with Crippen molar-refractivity contribution in [3.63, 3.8) is 0 Å². The third-order valence-electron chi connectivity index (χ3n) is 3.97. The summed E-state index contributed by atoms with van der Waals surface area (Å²) in [6, 6.07) is 16.2. The first-order chi connectivity index (χ1) is 12.0. The minimum atomic E-state index is -0.514. The van der Waals surface area contributed by atoms with Crippen molar-refractivity contribution in [3.8, 4) is 5.75 Å². The Labute approximate surface area is 147 Å². The van der Waals surface area contributed by atoms with Crippen LogP contribution in [0, 0.1) is 0 Å². The molecule has 2 aromatic carbocycles. The van der Waals surface area contributed by atoms with E-state index in [1.165, 1.54) is 7.05 Å². The second kappa shape index (κ2) is 8.84. The lowest BCUT2D eigenvalue weighted by Crippen LogP contribution is -3.09. The van der Waals surface area contributed by atoms with Crippen molar-refractivity contribution in [3.05, 3.63) is 65.7 Å². The molecule has 0 bridgehead atoms. The predicted octanol–water partition coefficient (Wildman–Crippen LogP) is 0.907. The zero-order chi connectivity index (χ0) is 18.2. The highest BCUT2D eigenvalue weighted by molar-refractivity contribution is 5.96. The first-order valence-corrected chi connectivity index (χ1v) is 8.08. The van der Waals surface area contributed by atoms with E-state index in [9.17, 15) is 9.59 Å². The first-order valence-electron chi connectivity index (χ1n) is 8.08. The van der Waals surface area contributed by atoms with Gasteiger partial charge in [0.15, 0.2) is 6.04 Å². The van der Waals surface area contributed by atoms with Crippen LogP contribution in [0.2, 0.25) is 0 Å². The number of ether oxygens (including phenoxy) is 1. The molecule has 3 N–H and O–H groups in total. The number of carbonyl (C=O) groups excluding carboxylic acids is 2. The molecule has 2 rings (SSSR count). The number of amides is 3. The van der Waals surface area contributed by atoms with Crippen molar-refractivity contribution in [1.82, 2.24) is 10.6 Å². The highest BCUT2D eigenvalue weighted by Crippen LogP contribution is 2.13. The summed E-state index contributed by atoms with van der Waals surface area (Å²) in [4.78, 5) is 25.1. The molecule has 3 amide bonds. The molecule has 2 aromatic rings. The third-order valence-corrected chi connectivity index (χ3v) is 3.97. The number of methoxy groups -OCH3 is 1. The number of imide groups is 1. The summed E-state index contributed by atoms with van der Waals surface area (Å²) in [5, 5.41) is 4.79. The number of urea groups is 1. The summed E-state index contributed by atoms with van der Waals surface area (Å²) in [6.07, 6.45) is 0. The number of likely N-dealkylation sites (N-methyl/N-ethyl adjacent to an activating group) is 1. The summed E-state index contributed by atoms with van der Waals surface area (Å²) in [5.74, 6) is 0.433. The van der Waals surface area contributed by atoms with Crippen molar-refractivity contribution in [2.24, 2.45) is 0 Å². The van der Waals surface area contributed by atoms with E-state index in [2.05, 4.69) is 10.6 Å². The molecule has 0 aliphatic carbocycles. The molecule has 0 radical (unpaired) electrons. The van der Waals surface area contributed by atoms with Gasteiger partial charge in [-0.25, -0.2) is 4.79 Å². The van der Waals surface area contributed by atoms with Gasteiger partial charge in [-0.15, -0.1) is 0 Å². The molecular formula is C19H24N3O3+. The quantitative estimate of drug-likeness (QED) is 0.731. The fourth-order valence-corrected chi connectivity index (χ4v) is 2.76. The average molecular weight is 342 g/mol. The molecule has 0 aliphatic rings. The van der Waals surface area contributed by atoms with Crippen molar-refractivity contribution < 1.29 is 19.2 Å². The number of quaternary nitrogens is 1. The molecule has 6 heteroatoms. The molecule has 0 spiro atoms. The van der Waals surface area contributed by atoms with Crippen LogP contribution in [0.25, 0.3) is 0 Å². The van der Waals surface area contributed by atoms with Gasteiger partial charge in [0.1, 0.15) is 12.3 Å². The van der Waals surface area contributed by atoms with E-state index in [0.717, 1.165) is 21.8 Å². The molecule has 6 nitrogen and oxygen atoms in total. The smallest absolute Gasteiger partial charge is 0.321 e. The maximum absolute atomic E-state index is 12.7. The Kier molecular flexibility index (Phi) is 6.54. The summed E-state index contributed by atoms with van der Waals surface area (Å²) in [5.41, 5.74) is 1.90. The topological polar surface area (TPSA) is 71.9 Å². The van der Waals surface area contributed by atoms with Crippen molar-refractivity contribution in [1.29, 1.82) is 0 Å². The maximum Gasteiger partial charge on any atom is 0.321 e. The van der Waals surface area contributed by atoms with Gasteiger partial charge >= 0.3 is 6.03 Å². The number of hydrogen-bond acceptors (Lipinski definition) is 3. The fourth-order valence-electron chi connectivity index (χ4n) is 2.76. The second-order valence-corrected chi connectivity index (χ2v) is 5.79.